The highest BCUT2D eigenvalue weighted by Crippen LogP contribution is 2.20. The van der Waals surface area contributed by atoms with Crippen molar-refractivity contribution in [3.63, 3.8) is 0 Å². The number of nitrogens with one attached hydrogen (secondary N) is 2. The molecular weight excluding hydrogens is 310 g/mol. The van der Waals surface area contributed by atoms with Gasteiger partial charge in [-0.25, -0.2) is 5.43 Å². The highest BCUT2D eigenvalue weighted by Gasteiger charge is 2.05. The molecule has 0 aliphatic rings. The summed E-state index contributed by atoms with van der Waals surface area (Å²) in [7, 11) is 1.51. The van der Waals surface area contributed by atoms with E-state index >= 15 is 0 Å². The monoisotopic (exact) mass is 327 g/mol. The lowest BCUT2D eigenvalue weighted by Gasteiger charge is -2.04. The molecule has 0 aliphatic heterocycles. The summed E-state index contributed by atoms with van der Waals surface area (Å²) < 4.78 is 5.06. The van der Waals surface area contributed by atoms with Crippen LogP contribution in [0.25, 0.3) is 0 Å². The number of rotatable bonds is 5. The zero-order valence-corrected chi connectivity index (χ0v) is 13.2. The number of hydrogen-bond acceptors (Lipinski definition) is 5. The molecule has 0 radical (unpaired) electrons. The van der Waals surface area contributed by atoms with Gasteiger partial charge < -0.3 is 15.2 Å². The van der Waals surface area contributed by atoms with E-state index in [1.54, 1.807) is 36.4 Å². The average Bonchev–Trinajstić information content (AvgIpc) is 2.56. The molecule has 0 aliphatic carbocycles. The van der Waals surface area contributed by atoms with E-state index in [2.05, 4.69) is 15.8 Å². The van der Waals surface area contributed by atoms with Gasteiger partial charge in [0.15, 0.2) is 0 Å². The lowest BCUT2D eigenvalue weighted by molar-refractivity contribution is -0.114. The Hall–Kier alpha value is -3.35. The molecule has 0 heterocycles. The second-order valence-electron chi connectivity index (χ2n) is 4.88. The molecule has 3 N–H and O–H groups in total. The number of hydrazone groups is 1. The third-order valence-electron chi connectivity index (χ3n) is 3.07. The first-order chi connectivity index (χ1) is 11.5. The number of phenolic OH excluding ortho intramolecular Hbond substituents is 1. The van der Waals surface area contributed by atoms with Crippen LogP contribution in [-0.2, 0) is 4.79 Å². The van der Waals surface area contributed by atoms with Gasteiger partial charge in [-0.3, -0.25) is 9.59 Å². The quantitative estimate of drug-likeness (QED) is 0.578. The number of anilines is 1. The van der Waals surface area contributed by atoms with Crippen LogP contribution in [0.1, 0.15) is 22.8 Å². The van der Waals surface area contributed by atoms with Crippen molar-refractivity contribution in [3.05, 3.63) is 53.6 Å². The van der Waals surface area contributed by atoms with Gasteiger partial charge in [0, 0.05) is 23.7 Å². The molecule has 24 heavy (non-hydrogen) atoms. The summed E-state index contributed by atoms with van der Waals surface area (Å²) in [5, 5.41) is 16.1. The van der Waals surface area contributed by atoms with Gasteiger partial charge in [0.1, 0.15) is 11.5 Å². The zero-order valence-electron chi connectivity index (χ0n) is 13.2. The van der Waals surface area contributed by atoms with Crippen molar-refractivity contribution in [1.29, 1.82) is 0 Å². The van der Waals surface area contributed by atoms with E-state index in [1.165, 1.54) is 26.3 Å². The first-order valence-corrected chi connectivity index (χ1v) is 7.07. The molecule has 2 aromatic rings. The minimum Gasteiger partial charge on any atom is -0.507 e. The predicted octanol–water partition coefficient (Wildman–Crippen LogP) is 2.12. The Kier molecular flexibility index (Phi) is 5.51. The lowest BCUT2D eigenvalue weighted by atomic mass is 10.2. The number of aromatic hydroxyl groups is 1. The second kappa shape index (κ2) is 7.77. The molecule has 0 aromatic heterocycles. The normalized spacial score (nSPS) is 10.4. The molecule has 0 spiro atoms. The maximum Gasteiger partial charge on any atom is 0.271 e. The van der Waals surface area contributed by atoms with Gasteiger partial charge in [0.25, 0.3) is 5.91 Å². The Morgan fingerprint density at radius 2 is 1.88 bits per heavy atom. The molecule has 0 saturated heterocycles. The Balaban J connectivity index is 2.01. The number of carbonyl (C=O) groups excluding carboxylic acids is 2. The van der Waals surface area contributed by atoms with Crippen LogP contribution in [0, 0.1) is 0 Å². The van der Waals surface area contributed by atoms with E-state index in [0.29, 0.717) is 22.6 Å². The van der Waals surface area contributed by atoms with Crippen molar-refractivity contribution in [2.24, 2.45) is 5.10 Å². The van der Waals surface area contributed by atoms with E-state index in [0.717, 1.165) is 0 Å². The summed E-state index contributed by atoms with van der Waals surface area (Å²) >= 11 is 0. The van der Waals surface area contributed by atoms with Crippen LogP contribution in [0.15, 0.2) is 47.6 Å². The Morgan fingerprint density at radius 1 is 1.17 bits per heavy atom. The lowest BCUT2D eigenvalue weighted by Crippen LogP contribution is -2.17. The van der Waals surface area contributed by atoms with Crippen molar-refractivity contribution < 1.29 is 19.4 Å². The van der Waals surface area contributed by atoms with Gasteiger partial charge in [0.05, 0.1) is 13.3 Å². The van der Waals surface area contributed by atoms with Gasteiger partial charge in [-0.2, -0.15) is 5.10 Å². The van der Waals surface area contributed by atoms with E-state index in [4.69, 9.17) is 4.74 Å². The average molecular weight is 327 g/mol. The van der Waals surface area contributed by atoms with E-state index in [-0.39, 0.29) is 11.7 Å². The standard InChI is InChI=1S/C17H17N3O4/c1-11(21)19-14-5-3-12(4-6-14)17(23)20-18-10-13-9-15(24-2)7-8-16(13)22/h3-10,22H,1-2H3,(H,19,21)(H,20,23). The molecule has 0 unspecified atom stereocenters. The SMILES string of the molecule is COc1ccc(O)c(C=NNC(=O)c2ccc(NC(C)=O)cc2)c1. The van der Waals surface area contributed by atoms with Crippen LogP contribution in [0.2, 0.25) is 0 Å². The summed E-state index contributed by atoms with van der Waals surface area (Å²) in [4.78, 5) is 22.9. The first-order valence-electron chi connectivity index (χ1n) is 7.07. The molecule has 0 bridgehead atoms. The molecule has 0 atom stereocenters. The van der Waals surface area contributed by atoms with Crippen LogP contribution in [0.4, 0.5) is 5.69 Å². The summed E-state index contributed by atoms with van der Waals surface area (Å²) in [5.41, 5.74) is 3.76. The van der Waals surface area contributed by atoms with E-state index < -0.39 is 5.91 Å². The topological polar surface area (TPSA) is 100 Å². The minimum absolute atomic E-state index is 0.0217. The zero-order chi connectivity index (χ0) is 17.5. The number of phenols is 1. The molecule has 2 aromatic carbocycles. The van der Waals surface area contributed by atoms with Gasteiger partial charge in [0.2, 0.25) is 5.91 Å². The fraction of sp³-hybridized carbons (Fsp3) is 0.118. The van der Waals surface area contributed by atoms with Crippen LogP contribution in [0.5, 0.6) is 11.5 Å². The Bertz CT molecular complexity index is 770. The van der Waals surface area contributed by atoms with Gasteiger partial charge >= 0.3 is 0 Å². The first kappa shape index (κ1) is 17.0. The molecule has 124 valence electrons. The number of ether oxygens (including phenoxy) is 1. The van der Waals surface area contributed by atoms with Gasteiger partial charge in [-0.15, -0.1) is 0 Å². The molecule has 0 saturated carbocycles. The number of nitrogens with zero attached hydrogens (tertiary/aromatic N) is 1. The van der Waals surface area contributed by atoms with Crippen LogP contribution in [0.3, 0.4) is 0 Å². The number of benzene rings is 2. The van der Waals surface area contributed by atoms with E-state index in [9.17, 15) is 14.7 Å². The molecule has 7 nitrogen and oxygen atoms in total. The highest BCUT2D eigenvalue weighted by molar-refractivity contribution is 5.96. The van der Waals surface area contributed by atoms with Crippen LogP contribution >= 0.6 is 0 Å². The maximum absolute atomic E-state index is 12.0. The fourth-order valence-corrected chi connectivity index (χ4v) is 1.90. The van der Waals surface area contributed by atoms with Crippen molar-refractivity contribution in [2.45, 2.75) is 6.92 Å². The Labute approximate surface area is 139 Å². The molecule has 7 heteroatoms. The number of amides is 2. The summed E-state index contributed by atoms with van der Waals surface area (Å²) in [6.45, 7) is 1.41. The van der Waals surface area contributed by atoms with Crippen molar-refractivity contribution in [3.8, 4) is 11.5 Å². The second-order valence-corrected chi connectivity index (χ2v) is 4.88. The van der Waals surface area contributed by atoms with Crippen LogP contribution < -0.4 is 15.5 Å². The smallest absolute Gasteiger partial charge is 0.271 e. The maximum atomic E-state index is 12.0. The van der Waals surface area contributed by atoms with Crippen LogP contribution in [-0.4, -0.2) is 30.2 Å². The number of hydrogen-bond donors (Lipinski definition) is 3. The molecule has 2 rings (SSSR count). The van der Waals surface area contributed by atoms with E-state index in [1.807, 2.05) is 0 Å². The van der Waals surface area contributed by atoms with Gasteiger partial charge in [-0.1, -0.05) is 0 Å². The van der Waals surface area contributed by atoms with Crippen molar-refractivity contribution in [1.82, 2.24) is 5.43 Å². The van der Waals surface area contributed by atoms with Crippen molar-refractivity contribution in [2.75, 3.05) is 12.4 Å². The summed E-state index contributed by atoms with van der Waals surface area (Å²) in [6.07, 6.45) is 1.32. The Morgan fingerprint density at radius 3 is 2.50 bits per heavy atom. The predicted molar refractivity (Wildman–Crippen MR) is 90.5 cm³/mol. The molecule has 0 fully saturated rings. The largest absolute Gasteiger partial charge is 0.507 e. The third-order valence-corrected chi connectivity index (χ3v) is 3.07. The van der Waals surface area contributed by atoms with Gasteiger partial charge in [-0.05, 0) is 42.5 Å². The third kappa shape index (κ3) is 4.57. The number of methoxy groups -OCH3 is 1. The molecular formula is C17H17N3O4. The summed E-state index contributed by atoms with van der Waals surface area (Å²) in [5.74, 6) is -0.0134. The highest BCUT2D eigenvalue weighted by atomic mass is 16.5. The number of carbonyl (C=O) groups is 2. The molecule has 2 amide bonds. The van der Waals surface area contributed by atoms with Crippen molar-refractivity contribution >= 4 is 23.7 Å². The fourth-order valence-electron chi connectivity index (χ4n) is 1.90. The summed E-state index contributed by atoms with van der Waals surface area (Å²) in [6, 6.07) is 11.1. The minimum atomic E-state index is -0.414.